The lowest BCUT2D eigenvalue weighted by molar-refractivity contribution is -0.122. The van der Waals surface area contributed by atoms with Gasteiger partial charge in [-0.3, -0.25) is 4.79 Å². The van der Waals surface area contributed by atoms with Gasteiger partial charge < -0.3 is 16.0 Å². The predicted octanol–water partition coefficient (Wildman–Crippen LogP) is 1.71. The van der Waals surface area contributed by atoms with Crippen LogP contribution in [-0.2, 0) is 4.79 Å². The van der Waals surface area contributed by atoms with Crippen molar-refractivity contribution in [1.29, 1.82) is 0 Å². The minimum atomic E-state index is -0.617. The summed E-state index contributed by atoms with van der Waals surface area (Å²) in [4.78, 5) is 23.6. The van der Waals surface area contributed by atoms with E-state index in [1.54, 1.807) is 12.1 Å². The molecule has 1 saturated heterocycles. The van der Waals surface area contributed by atoms with Crippen LogP contribution in [-0.4, -0.2) is 24.5 Å². The van der Waals surface area contributed by atoms with Gasteiger partial charge in [0.25, 0.3) is 0 Å². The Balaban J connectivity index is 1.85. The van der Waals surface area contributed by atoms with E-state index in [2.05, 4.69) is 16.0 Å². The highest BCUT2D eigenvalue weighted by molar-refractivity contribution is 5.90. The van der Waals surface area contributed by atoms with Gasteiger partial charge in [-0.2, -0.15) is 0 Å². The number of rotatable bonds is 4. The summed E-state index contributed by atoms with van der Waals surface area (Å²) in [7, 11) is 0. The molecule has 0 unspecified atom stereocenters. The smallest absolute Gasteiger partial charge is 0.315 e. The first-order valence-electron chi connectivity index (χ1n) is 7.28. The molecule has 1 aliphatic rings. The Morgan fingerprint density at radius 2 is 1.74 bits per heavy atom. The van der Waals surface area contributed by atoms with Crippen LogP contribution in [0.25, 0.3) is 0 Å². The minimum Gasteiger partial charge on any atom is -0.343 e. The summed E-state index contributed by atoms with van der Waals surface area (Å²) in [5.74, 6) is -0.624. The molecule has 1 aliphatic heterocycles. The fraction of sp³-hybridized carbons (Fsp3) is 0.176. The number of urea groups is 1. The molecule has 0 spiro atoms. The molecule has 1 fully saturated rings. The standard InChI is InChI=1S/C17H16FN3O2/c18-13-8-6-12(7-9-13)15(11-4-2-1-3-5-11)21-16(22)14-10-19-17(23)20-14/h1-9,14-15H,10H2,(H,21,22)(H2,19,20,23)/t14-,15-/m0/s1. The van der Waals surface area contributed by atoms with Crippen LogP contribution in [0.4, 0.5) is 9.18 Å². The Kier molecular flexibility index (Phi) is 4.23. The molecule has 0 saturated carbocycles. The summed E-state index contributed by atoms with van der Waals surface area (Å²) in [5, 5.41) is 8.01. The highest BCUT2D eigenvalue weighted by Crippen LogP contribution is 2.22. The molecule has 0 aromatic heterocycles. The second-order valence-corrected chi connectivity index (χ2v) is 5.31. The van der Waals surface area contributed by atoms with E-state index in [9.17, 15) is 14.0 Å². The fourth-order valence-corrected chi connectivity index (χ4v) is 2.52. The summed E-state index contributed by atoms with van der Waals surface area (Å²) in [6.45, 7) is 0.246. The number of carbonyl (C=O) groups is 2. The largest absolute Gasteiger partial charge is 0.343 e. The lowest BCUT2D eigenvalue weighted by atomic mass is 9.98. The third-order valence-electron chi connectivity index (χ3n) is 3.71. The van der Waals surface area contributed by atoms with Gasteiger partial charge in [-0.15, -0.1) is 0 Å². The Morgan fingerprint density at radius 3 is 2.35 bits per heavy atom. The highest BCUT2D eigenvalue weighted by Gasteiger charge is 2.29. The number of hydrogen-bond donors (Lipinski definition) is 3. The van der Waals surface area contributed by atoms with Crippen LogP contribution in [0, 0.1) is 5.82 Å². The van der Waals surface area contributed by atoms with Crippen LogP contribution in [0.1, 0.15) is 17.2 Å². The van der Waals surface area contributed by atoms with Crippen LogP contribution >= 0.6 is 0 Å². The monoisotopic (exact) mass is 313 g/mol. The summed E-state index contributed by atoms with van der Waals surface area (Å²) < 4.78 is 13.2. The lowest BCUT2D eigenvalue weighted by Gasteiger charge is -2.21. The zero-order chi connectivity index (χ0) is 16.2. The number of halogens is 1. The zero-order valence-corrected chi connectivity index (χ0v) is 12.3. The van der Waals surface area contributed by atoms with E-state index >= 15 is 0 Å². The van der Waals surface area contributed by atoms with Crippen molar-refractivity contribution >= 4 is 11.9 Å². The third kappa shape index (κ3) is 3.48. The number of amides is 3. The number of benzene rings is 2. The molecular formula is C17H16FN3O2. The molecule has 0 aliphatic carbocycles. The van der Waals surface area contributed by atoms with E-state index in [0.717, 1.165) is 11.1 Å². The number of hydrogen-bond acceptors (Lipinski definition) is 2. The molecule has 23 heavy (non-hydrogen) atoms. The van der Waals surface area contributed by atoms with Crippen LogP contribution in [0.3, 0.4) is 0 Å². The average molecular weight is 313 g/mol. The Labute approximate surface area is 132 Å². The fourth-order valence-electron chi connectivity index (χ4n) is 2.52. The van der Waals surface area contributed by atoms with Crippen molar-refractivity contribution in [3.63, 3.8) is 0 Å². The molecule has 0 radical (unpaired) electrons. The van der Waals surface area contributed by atoms with Crippen molar-refractivity contribution in [2.75, 3.05) is 6.54 Å². The van der Waals surface area contributed by atoms with Crippen molar-refractivity contribution in [2.45, 2.75) is 12.1 Å². The molecule has 0 bridgehead atoms. The summed E-state index contributed by atoms with van der Waals surface area (Å²) in [6.07, 6.45) is 0. The van der Waals surface area contributed by atoms with Gasteiger partial charge in [-0.25, -0.2) is 9.18 Å². The Morgan fingerprint density at radius 1 is 1.09 bits per heavy atom. The average Bonchev–Trinajstić information content (AvgIpc) is 3.01. The van der Waals surface area contributed by atoms with Gasteiger partial charge in [0.1, 0.15) is 11.9 Å². The Bertz CT molecular complexity index is 704. The molecule has 1 heterocycles. The topological polar surface area (TPSA) is 70.2 Å². The summed E-state index contributed by atoms with van der Waals surface area (Å²) in [5.41, 5.74) is 1.65. The van der Waals surface area contributed by atoms with Gasteiger partial charge >= 0.3 is 6.03 Å². The van der Waals surface area contributed by atoms with Crippen LogP contribution in [0.5, 0.6) is 0 Å². The zero-order valence-electron chi connectivity index (χ0n) is 12.3. The molecule has 3 amide bonds. The maximum Gasteiger partial charge on any atom is 0.315 e. The minimum absolute atomic E-state index is 0.246. The highest BCUT2D eigenvalue weighted by atomic mass is 19.1. The van der Waals surface area contributed by atoms with Crippen molar-refractivity contribution < 1.29 is 14.0 Å². The molecule has 2 aromatic carbocycles. The maximum atomic E-state index is 13.2. The van der Waals surface area contributed by atoms with Gasteiger partial charge in [-0.1, -0.05) is 42.5 Å². The normalized spacial score (nSPS) is 18.0. The van der Waals surface area contributed by atoms with Crippen LogP contribution in [0.2, 0.25) is 0 Å². The van der Waals surface area contributed by atoms with Gasteiger partial charge in [0, 0.05) is 6.54 Å². The van der Waals surface area contributed by atoms with E-state index in [0.29, 0.717) is 0 Å². The quantitative estimate of drug-likeness (QED) is 0.804. The first-order chi connectivity index (χ1) is 11.1. The van der Waals surface area contributed by atoms with Crippen LogP contribution < -0.4 is 16.0 Å². The Hall–Kier alpha value is -2.89. The SMILES string of the molecule is O=C1NC[C@@H](C(=O)N[C@@H](c2ccccc2)c2ccc(F)cc2)N1. The summed E-state index contributed by atoms with van der Waals surface area (Å²) >= 11 is 0. The molecule has 2 atom stereocenters. The maximum absolute atomic E-state index is 13.2. The molecule has 2 aromatic rings. The predicted molar refractivity (Wildman–Crippen MR) is 83.2 cm³/mol. The van der Waals surface area contributed by atoms with Crippen molar-refractivity contribution in [2.24, 2.45) is 0 Å². The van der Waals surface area contributed by atoms with Crippen molar-refractivity contribution in [1.82, 2.24) is 16.0 Å². The van der Waals surface area contributed by atoms with E-state index in [1.165, 1.54) is 12.1 Å². The third-order valence-corrected chi connectivity index (χ3v) is 3.71. The van der Waals surface area contributed by atoms with Gasteiger partial charge in [0.05, 0.1) is 6.04 Å². The van der Waals surface area contributed by atoms with Crippen LogP contribution in [0.15, 0.2) is 54.6 Å². The van der Waals surface area contributed by atoms with E-state index < -0.39 is 12.1 Å². The van der Waals surface area contributed by atoms with E-state index in [-0.39, 0.29) is 24.3 Å². The summed E-state index contributed by atoms with van der Waals surface area (Å²) in [6, 6.07) is 14.0. The molecule has 5 nitrogen and oxygen atoms in total. The second kappa shape index (κ2) is 6.48. The molecule has 3 N–H and O–H groups in total. The van der Waals surface area contributed by atoms with E-state index in [1.807, 2.05) is 30.3 Å². The van der Waals surface area contributed by atoms with Crippen molar-refractivity contribution in [3.8, 4) is 0 Å². The lowest BCUT2D eigenvalue weighted by Crippen LogP contribution is -2.44. The van der Waals surface area contributed by atoms with E-state index in [4.69, 9.17) is 0 Å². The first-order valence-corrected chi connectivity index (χ1v) is 7.28. The van der Waals surface area contributed by atoms with Gasteiger partial charge in [0.15, 0.2) is 0 Å². The molecule has 6 heteroatoms. The van der Waals surface area contributed by atoms with Crippen molar-refractivity contribution in [3.05, 3.63) is 71.5 Å². The molecule has 118 valence electrons. The first kappa shape index (κ1) is 15.0. The van der Waals surface area contributed by atoms with Gasteiger partial charge in [-0.05, 0) is 23.3 Å². The number of carbonyl (C=O) groups excluding carboxylic acids is 2. The number of nitrogens with one attached hydrogen (secondary N) is 3. The molecule has 3 rings (SSSR count). The second-order valence-electron chi connectivity index (χ2n) is 5.31. The van der Waals surface area contributed by atoms with Gasteiger partial charge in [0.2, 0.25) is 5.91 Å². The molecular weight excluding hydrogens is 297 g/mol.